The maximum absolute atomic E-state index is 13.7. The van der Waals surface area contributed by atoms with Crippen LogP contribution in [0, 0.1) is 12.8 Å². The molecule has 2 heterocycles. The third-order valence-electron chi connectivity index (χ3n) is 6.53. The number of esters is 1. The first-order valence-electron chi connectivity index (χ1n) is 12.0. The molecule has 0 saturated heterocycles. The fraction of sp³-hybridized carbons (Fsp3) is 0.276. The molecule has 5 nitrogen and oxygen atoms in total. The van der Waals surface area contributed by atoms with Gasteiger partial charge in [-0.2, -0.15) is 0 Å². The van der Waals surface area contributed by atoms with Crippen LogP contribution < -0.4 is 5.32 Å². The summed E-state index contributed by atoms with van der Waals surface area (Å²) in [7, 11) is 0. The van der Waals surface area contributed by atoms with E-state index >= 15 is 0 Å². The minimum Gasteiger partial charge on any atom is -0.462 e. The molecule has 1 aliphatic carbocycles. The van der Waals surface area contributed by atoms with Gasteiger partial charge in [-0.25, -0.2) is 9.78 Å². The Morgan fingerprint density at radius 3 is 2.69 bits per heavy atom. The van der Waals surface area contributed by atoms with Crippen molar-refractivity contribution in [2.24, 2.45) is 5.92 Å². The number of pyridine rings is 1. The van der Waals surface area contributed by atoms with Crippen LogP contribution in [0.15, 0.2) is 54.6 Å². The molecule has 1 amide bonds. The summed E-state index contributed by atoms with van der Waals surface area (Å²) >= 11 is 1.50. The number of aromatic nitrogens is 1. The van der Waals surface area contributed by atoms with Crippen molar-refractivity contribution >= 4 is 39.1 Å². The van der Waals surface area contributed by atoms with Crippen molar-refractivity contribution < 1.29 is 14.3 Å². The van der Waals surface area contributed by atoms with Crippen molar-refractivity contribution in [3.05, 3.63) is 81.7 Å². The zero-order valence-electron chi connectivity index (χ0n) is 20.2. The van der Waals surface area contributed by atoms with Gasteiger partial charge in [0.15, 0.2) is 0 Å². The standard InChI is InChI=1S/C29H28N2O3S/c1-4-34-29(33)26-21-14-11-18(3)15-25(21)35-28(26)31-27(32)22-16-24(19-12-9-17(2)10-13-19)30-23-8-6-5-7-20(22)23/h5-10,12-13,16,18H,4,11,14-15H2,1-3H3,(H,31,32). The van der Waals surface area contributed by atoms with Gasteiger partial charge >= 0.3 is 5.97 Å². The van der Waals surface area contributed by atoms with Gasteiger partial charge in [0.2, 0.25) is 0 Å². The molecule has 2 aromatic carbocycles. The SMILES string of the molecule is CCOC(=O)c1c(NC(=O)c2cc(-c3ccc(C)cc3)nc3ccccc23)sc2c1CCC(C)C2. The molecule has 6 heteroatoms. The highest BCUT2D eigenvalue weighted by Crippen LogP contribution is 2.40. The molecule has 1 N–H and O–H groups in total. The van der Waals surface area contributed by atoms with E-state index in [2.05, 4.69) is 12.2 Å². The van der Waals surface area contributed by atoms with Crippen molar-refractivity contribution in [1.82, 2.24) is 4.98 Å². The molecule has 2 aromatic heterocycles. The predicted molar refractivity (Wildman–Crippen MR) is 141 cm³/mol. The maximum atomic E-state index is 13.7. The zero-order chi connectivity index (χ0) is 24.5. The van der Waals surface area contributed by atoms with Gasteiger partial charge < -0.3 is 10.1 Å². The molecule has 5 rings (SSSR count). The molecule has 35 heavy (non-hydrogen) atoms. The van der Waals surface area contributed by atoms with Crippen LogP contribution in [0.4, 0.5) is 5.00 Å². The van der Waals surface area contributed by atoms with Crippen LogP contribution in [-0.4, -0.2) is 23.5 Å². The predicted octanol–water partition coefficient (Wildman–Crippen LogP) is 6.83. The van der Waals surface area contributed by atoms with Crippen molar-refractivity contribution in [2.75, 3.05) is 11.9 Å². The van der Waals surface area contributed by atoms with Crippen LogP contribution >= 0.6 is 11.3 Å². The number of thiophene rings is 1. The fourth-order valence-electron chi connectivity index (χ4n) is 4.66. The molecule has 1 aliphatic rings. The summed E-state index contributed by atoms with van der Waals surface area (Å²) in [6.07, 6.45) is 2.77. The molecule has 0 bridgehead atoms. The van der Waals surface area contributed by atoms with E-state index in [4.69, 9.17) is 9.72 Å². The lowest BCUT2D eigenvalue weighted by molar-refractivity contribution is 0.0526. The summed E-state index contributed by atoms with van der Waals surface area (Å²) in [6.45, 7) is 6.36. The number of hydrogen-bond donors (Lipinski definition) is 1. The summed E-state index contributed by atoms with van der Waals surface area (Å²) < 4.78 is 5.37. The average Bonchev–Trinajstić information content (AvgIpc) is 3.20. The van der Waals surface area contributed by atoms with E-state index in [9.17, 15) is 9.59 Å². The minimum atomic E-state index is -0.366. The summed E-state index contributed by atoms with van der Waals surface area (Å²) in [4.78, 5) is 32.6. The highest BCUT2D eigenvalue weighted by Gasteiger charge is 2.29. The zero-order valence-corrected chi connectivity index (χ0v) is 21.0. The number of carbonyl (C=O) groups is 2. The number of benzene rings is 2. The first-order valence-corrected chi connectivity index (χ1v) is 12.9. The molecule has 0 spiro atoms. The van der Waals surface area contributed by atoms with Gasteiger partial charge in [0.1, 0.15) is 5.00 Å². The average molecular weight is 485 g/mol. The van der Waals surface area contributed by atoms with Crippen molar-refractivity contribution in [1.29, 1.82) is 0 Å². The van der Waals surface area contributed by atoms with Crippen LogP contribution in [0.25, 0.3) is 22.2 Å². The highest BCUT2D eigenvalue weighted by atomic mass is 32.1. The molecule has 0 saturated carbocycles. The first-order chi connectivity index (χ1) is 16.9. The maximum Gasteiger partial charge on any atom is 0.341 e. The Hall–Kier alpha value is -3.51. The Morgan fingerprint density at radius 2 is 1.91 bits per heavy atom. The number of ether oxygens (including phenoxy) is 1. The molecule has 0 aliphatic heterocycles. The number of nitrogens with one attached hydrogen (secondary N) is 1. The Morgan fingerprint density at radius 1 is 1.14 bits per heavy atom. The van der Waals surface area contributed by atoms with E-state index in [0.29, 0.717) is 28.7 Å². The number of fused-ring (bicyclic) bond motifs is 2. The second-order valence-electron chi connectivity index (χ2n) is 9.17. The number of nitrogens with zero attached hydrogens (tertiary/aromatic N) is 1. The van der Waals surface area contributed by atoms with Crippen molar-refractivity contribution in [2.45, 2.75) is 40.0 Å². The highest BCUT2D eigenvalue weighted by molar-refractivity contribution is 7.17. The van der Waals surface area contributed by atoms with E-state index in [1.165, 1.54) is 16.2 Å². The van der Waals surface area contributed by atoms with E-state index in [0.717, 1.165) is 52.5 Å². The molecule has 178 valence electrons. The second kappa shape index (κ2) is 9.62. The number of amides is 1. The van der Waals surface area contributed by atoms with Crippen molar-refractivity contribution in [3.8, 4) is 11.3 Å². The monoisotopic (exact) mass is 484 g/mol. The third kappa shape index (κ3) is 4.58. The summed E-state index contributed by atoms with van der Waals surface area (Å²) in [5.41, 5.74) is 5.67. The number of para-hydroxylation sites is 1. The number of aryl methyl sites for hydroxylation is 1. The summed E-state index contributed by atoms with van der Waals surface area (Å²) in [6, 6.07) is 17.6. The van der Waals surface area contributed by atoms with Crippen molar-refractivity contribution in [3.63, 3.8) is 0 Å². The quantitative estimate of drug-likeness (QED) is 0.315. The summed E-state index contributed by atoms with van der Waals surface area (Å²) in [5, 5.41) is 4.42. The van der Waals surface area contributed by atoms with Gasteiger partial charge in [0, 0.05) is 15.8 Å². The Labute approximate surface area is 209 Å². The lowest BCUT2D eigenvalue weighted by atomic mass is 9.88. The lowest BCUT2D eigenvalue weighted by Crippen LogP contribution is -2.17. The van der Waals surface area contributed by atoms with E-state index in [1.54, 1.807) is 6.92 Å². The smallest absolute Gasteiger partial charge is 0.341 e. The third-order valence-corrected chi connectivity index (χ3v) is 7.70. The Balaban J connectivity index is 1.57. The molecular weight excluding hydrogens is 456 g/mol. The van der Waals surface area contributed by atoms with E-state index in [-0.39, 0.29) is 11.9 Å². The van der Waals surface area contributed by atoms with Crippen LogP contribution in [0.2, 0.25) is 0 Å². The van der Waals surface area contributed by atoms with E-state index in [1.807, 2.05) is 61.5 Å². The molecule has 1 unspecified atom stereocenters. The Kier molecular flexibility index (Phi) is 6.39. The van der Waals surface area contributed by atoms with Gasteiger partial charge in [0.05, 0.1) is 28.9 Å². The molecule has 0 radical (unpaired) electrons. The summed E-state index contributed by atoms with van der Waals surface area (Å²) in [5.74, 6) is -0.0649. The van der Waals surface area contributed by atoms with Crippen LogP contribution in [0.5, 0.6) is 0 Å². The Bertz CT molecular complexity index is 1420. The molecule has 1 atom stereocenters. The fourth-order valence-corrected chi connectivity index (χ4v) is 6.06. The minimum absolute atomic E-state index is 0.255. The molecular formula is C29H28N2O3S. The van der Waals surface area contributed by atoms with Gasteiger partial charge in [-0.15, -0.1) is 11.3 Å². The van der Waals surface area contributed by atoms with Crippen LogP contribution in [-0.2, 0) is 17.6 Å². The number of hydrogen-bond acceptors (Lipinski definition) is 5. The second-order valence-corrected chi connectivity index (χ2v) is 10.3. The van der Waals surface area contributed by atoms with Gasteiger partial charge in [0.25, 0.3) is 5.91 Å². The van der Waals surface area contributed by atoms with Gasteiger partial charge in [-0.3, -0.25) is 4.79 Å². The normalized spacial score (nSPS) is 15.0. The lowest BCUT2D eigenvalue weighted by Gasteiger charge is -2.18. The van der Waals surface area contributed by atoms with E-state index < -0.39 is 0 Å². The molecule has 0 fully saturated rings. The number of rotatable bonds is 5. The van der Waals surface area contributed by atoms with Gasteiger partial charge in [-0.05, 0) is 56.7 Å². The first kappa shape index (κ1) is 23.2. The van der Waals surface area contributed by atoms with Crippen LogP contribution in [0.3, 0.4) is 0 Å². The number of carbonyl (C=O) groups excluding carboxylic acids is 2. The van der Waals surface area contributed by atoms with Gasteiger partial charge in [-0.1, -0.05) is 55.0 Å². The largest absolute Gasteiger partial charge is 0.462 e. The van der Waals surface area contributed by atoms with Crippen LogP contribution in [0.1, 0.15) is 57.0 Å². The molecule has 4 aromatic rings. The number of anilines is 1. The topological polar surface area (TPSA) is 68.3 Å².